The molecule has 6 nitrogen and oxygen atoms in total. The third-order valence-corrected chi connectivity index (χ3v) is 3.11. The Morgan fingerprint density at radius 3 is 2.79 bits per heavy atom. The number of amides is 1. The maximum absolute atomic E-state index is 11.5. The van der Waals surface area contributed by atoms with Crippen LogP contribution in [0.2, 0.25) is 5.15 Å². The molecule has 0 fully saturated rings. The molecule has 2 heterocycles. The van der Waals surface area contributed by atoms with E-state index in [1.54, 1.807) is 12.3 Å². The predicted octanol–water partition coefficient (Wildman–Crippen LogP) is 2.50. The molecule has 0 aromatic carbocycles. The van der Waals surface area contributed by atoms with Crippen molar-refractivity contribution in [1.29, 1.82) is 0 Å². The quantitative estimate of drug-likeness (QED) is 0.848. The summed E-state index contributed by atoms with van der Waals surface area (Å²) in [6, 6.07) is 1.67. The number of hydrogen-bond donors (Lipinski definition) is 1. The van der Waals surface area contributed by atoms with Gasteiger partial charge < -0.3 is 10.1 Å². The number of carbonyl (C=O) groups excluding carboxylic acids is 2. The van der Waals surface area contributed by atoms with Gasteiger partial charge in [-0.15, -0.1) is 0 Å². The number of ether oxygens (including phenoxy) is 1. The predicted molar refractivity (Wildman–Crippen MR) is 73.5 cm³/mol. The van der Waals surface area contributed by atoms with Crippen molar-refractivity contribution in [2.45, 2.75) is 6.92 Å². The lowest BCUT2D eigenvalue weighted by molar-refractivity contribution is -0.114. The first-order chi connectivity index (χ1) is 8.93. The molecule has 0 radical (unpaired) electrons. The number of halogens is 2. The highest BCUT2D eigenvalue weighted by atomic mass is 79.9. The number of nitrogens with zero attached hydrogens (tertiary/aromatic N) is 2. The minimum atomic E-state index is -0.640. The van der Waals surface area contributed by atoms with E-state index in [0.29, 0.717) is 15.8 Å². The van der Waals surface area contributed by atoms with Crippen LogP contribution in [-0.2, 0) is 9.53 Å². The van der Waals surface area contributed by atoms with E-state index in [4.69, 9.17) is 11.6 Å². The molecule has 0 atom stereocenters. The first-order valence-corrected chi connectivity index (χ1v) is 6.34. The van der Waals surface area contributed by atoms with E-state index >= 15 is 0 Å². The summed E-state index contributed by atoms with van der Waals surface area (Å²) in [5.74, 6) is -0.891. The average molecular weight is 347 g/mol. The van der Waals surface area contributed by atoms with Gasteiger partial charge in [0.2, 0.25) is 5.91 Å². The van der Waals surface area contributed by atoms with E-state index in [0.717, 1.165) is 0 Å². The molecule has 1 amide bonds. The van der Waals surface area contributed by atoms with Gasteiger partial charge in [-0.1, -0.05) is 11.6 Å². The Hall–Kier alpha value is -1.60. The molecule has 100 valence electrons. The third kappa shape index (κ3) is 2.57. The fraction of sp³-hybridized carbons (Fsp3) is 0.182. The highest BCUT2D eigenvalue weighted by molar-refractivity contribution is 9.10. The molecule has 1 N–H and O–H groups in total. The van der Waals surface area contributed by atoms with E-state index in [-0.39, 0.29) is 16.8 Å². The number of carbonyl (C=O) groups is 2. The van der Waals surface area contributed by atoms with Gasteiger partial charge in [0, 0.05) is 17.6 Å². The SMILES string of the molecule is COC(=O)c1nc2c(NC(C)=O)cc(Br)cn2c1Cl. The van der Waals surface area contributed by atoms with Crippen LogP contribution in [0.3, 0.4) is 0 Å². The zero-order valence-corrected chi connectivity index (χ0v) is 12.4. The largest absolute Gasteiger partial charge is 0.464 e. The normalized spacial score (nSPS) is 10.5. The van der Waals surface area contributed by atoms with Crippen LogP contribution in [0.5, 0.6) is 0 Å². The van der Waals surface area contributed by atoms with Gasteiger partial charge in [-0.05, 0) is 22.0 Å². The molecule has 0 aliphatic rings. The van der Waals surface area contributed by atoms with E-state index in [1.165, 1.54) is 18.4 Å². The Morgan fingerprint density at radius 1 is 1.53 bits per heavy atom. The minimum absolute atomic E-state index is 0.00568. The van der Waals surface area contributed by atoms with Crippen molar-refractivity contribution in [3.63, 3.8) is 0 Å². The summed E-state index contributed by atoms with van der Waals surface area (Å²) in [5.41, 5.74) is 0.802. The molecule has 2 aromatic rings. The number of rotatable bonds is 2. The fourth-order valence-electron chi connectivity index (χ4n) is 1.59. The third-order valence-electron chi connectivity index (χ3n) is 2.32. The van der Waals surface area contributed by atoms with Crippen LogP contribution in [0.25, 0.3) is 5.65 Å². The zero-order valence-electron chi connectivity index (χ0n) is 10.0. The van der Waals surface area contributed by atoms with Crippen LogP contribution in [0.15, 0.2) is 16.7 Å². The molecule has 0 aliphatic heterocycles. The van der Waals surface area contributed by atoms with Gasteiger partial charge in [0.1, 0.15) is 5.15 Å². The van der Waals surface area contributed by atoms with Crippen LogP contribution in [0.1, 0.15) is 17.4 Å². The molecule has 0 unspecified atom stereocenters. The number of fused-ring (bicyclic) bond motifs is 1. The maximum atomic E-state index is 11.5. The van der Waals surface area contributed by atoms with E-state index < -0.39 is 5.97 Å². The summed E-state index contributed by atoms with van der Waals surface area (Å²) >= 11 is 9.37. The smallest absolute Gasteiger partial charge is 0.359 e. The first-order valence-electron chi connectivity index (χ1n) is 5.17. The maximum Gasteiger partial charge on any atom is 0.359 e. The first kappa shape index (κ1) is 13.8. The monoisotopic (exact) mass is 345 g/mol. The van der Waals surface area contributed by atoms with Crippen LogP contribution in [0.4, 0.5) is 5.69 Å². The van der Waals surface area contributed by atoms with Crippen molar-refractivity contribution >= 4 is 50.7 Å². The molecule has 0 bridgehead atoms. The summed E-state index contributed by atoms with van der Waals surface area (Å²) in [7, 11) is 1.24. The van der Waals surface area contributed by atoms with E-state index in [1.807, 2.05) is 0 Å². The molecular weight excluding hydrogens is 337 g/mol. The van der Waals surface area contributed by atoms with Gasteiger partial charge in [-0.2, -0.15) is 0 Å². The van der Waals surface area contributed by atoms with Gasteiger partial charge >= 0.3 is 5.97 Å². The van der Waals surface area contributed by atoms with Gasteiger partial charge in [0.05, 0.1) is 12.8 Å². The number of hydrogen-bond acceptors (Lipinski definition) is 4. The number of pyridine rings is 1. The number of anilines is 1. The van der Waals surface area contributed by atoms with Crippen LogP contribution in [-0.4, -0.2) is 28.4 Å². The molecule has 19 heavy (non-hydrogen) atoms. The van der Waals surface area contributed by atoms with Gasteiger partial charge in [-0.25, -0.2) is 9.78 Å². The lowest BCUT2D eigenvalue weighted by Gasteiger charge is -2.05. The van der Waals surface area contributed by atoms with Gasteiger partial charge in [0.15, 0.2) is 11.3 Å². The molecule has 2 aromatic heterocycles. The van der Waals surface area contributed by atoms with Crippen molar-refractivity contribution in [3.8, 4) is 0 Å². The van der Waals surface area contributed by atoms with Crippen molar-refractivity contribution in [3.05, 3.63) is 27.6 Å². The Kier molecular flexibility index (Phi) is 3.77. The van der Waals surface area contributed by atoms with Crippen molar-refractivity contribution in [2.75, 3.05) is 12.4 Å². The standard InChI is InChI=1S/C11H9BrClN3O3/c1-5(17)14-7-3-6(12)4-16-9(13)8(11(18)19-2)15-10(7)16/h3-4H,1-2H3,(H,14,17). The average Bonchev–Trinajstić information content (AvgIpc) is 2.66. The molecule has 8 heteroatoms. The summed E-state index contributed by atoms with van der Waals surface area (Å²) in [5, 5.41) is 2.74. The zero-order chi connectivity index (χ0) is 14.2. The molecular formula is C11H9BrClN3O3. The second-order valence-corrected chi connectivity index (χ2v) is 4.96. The Balaban J connectivity index is 2.71. The topological polar surface area (TPSA) is 72.7 Å². The van der Waals surface area contributed by atoms with Crippen molar-refractivity contribution in [2.24, 2.45) is 0 Å². The summed E-state index contributed by atoms with van der Waals surface area (Å²) < 4.78 is 6.77. The van der Waals surface area contributed by atoms with Crippen molar-refractivity contribution in [1.82, 2.24) is 9.38 Å². The molecule has 0 aliphatic carbocycles. The molecule has 2 rings (SSSR count). The highest BCUT2D eigenvalue weighted by Gasteiger charge is 2.20. The van der Waals surface area contributed by atoms with Crippen LogP contribution >= 0.6 is 27.5 Å². The number of imidazole rings is 1. The Morgan fingerprint density at radius 2 is 2.21 bits per heavy atom. The molecule has 0 saturated heterocycles. The number of aromatic nitrogens is 2. The van der Waals surface area contributed by atoms with Crippen molar-refractivity contribution < 1.29 is 14.3 Å². The number of methoxy groups -OCH3 is 1. The number of esters is 1. The van der Waals surface area contributed by atoms with Gasteiger partial charge in [0.25, 0.3) is 0 Å². The molecule has 0 spiro atoms. The fourth-order valence-corrected chi connectivity index (χ4v) is 2.27. The summed E-state index contributed by atoms with van der Waals surface area (Å²) in [6.45, 7) is 1.38. The van der Waals surface area contributed by atoms with E-state index in [2.05, 4.69) is 31.0 Å². The van der Waals surface area contributed by atoms with Crippen LogP contribution < -0.4 is 5.32 Å². The second-order valence-electron chi connectivity index (χ2n) is 3.69. The van der Waals surface area contributed by atoms with E-state index in [9.17, 15) is 9.59 Å². The summed E-state index contributed by atoms with van der Waals surface area (Å²) in [4.78, 5) is 26.8. The lowest BCUT2D eigenvalue weighted by Crippen LogP contribution is -2.07. The molecule has 0 saturated carbocycles. The van der Waals surface area contributed by atoms with Crippen LogP contribution in [0, 0.1) is 0 Å². The Labute approximate surface area is 121 Å². The highest BCUT2D eigenvalue weighted by Crippen LogP contribution is 2.27. The lowest BCUT2D eigenvalue weighted by atomic mass is 10.4. The minimum Gasteiger partial charge on any atom is -0.464 e. The Bertz CT molecular complexity index is 683. The van der Waals surface area contributed by atoms with Gasteiger partial charge in [-0.3, -0.25) is 9.20 Å². The summed E-state index contributed by atoms with van der Waals surface area (Å²) in [6.07, 6.45) is 1.64. The second kappa shape index (κ2) is 5.18. The number of nitrogens with one attached hydrogen (secondary N) is 1.